The average molecular weight is 209 g/mol. The van der Waals surface area contributed by atoms with Crippen molar-refractivity contribution >= 4 is 5.69 Å². The number of rotatable bonds is 4. The Balaban J connectivity index is 1.91. The predicted molar refractivity (Wildman–Crippen MR) is 60.0 cm³/mol. The van der Waals surface area contributed by atoms with E-state index in [1.807, 2.05) is 17.9 Å². The third-order valence-corrected chi connectivity index (χ3v) is 2.78. The van der Waals surface area contributed by atoms with E-state index in [9.17, 15) is 0 Å². The van der Waals surface area contributed by atoms with Crippen molar-refractivity contribution in [3.8, 4) is 0 Å². The zero-order chi connectivity index (χ0) is 10.7. The number of hydrogen-bond acceptors (Lipinski definition) is 3. The van der Waals surface area contributed by atoms with Gasteiger partial charge in [0.1, 0.15) is 0 Å². The molecule has 0 saturated carbocycles. The summed E-state index contributed by atoms with van der Waals surface area (Å²) in [4.78, 5) is 0. The number of nitrogens with zero attached hydrogens (tertiary/aromatic N) is 2. The Kier molecular flexibility index (Phi) is 3.26. The summed E-state index contributed by atoms with van der Waals surface area (Å²) < 4.78 is 7.42. The molecule has 0 spiro atoms. The molecular weight excluding hydrogens is 190 g/mol. The minimum atomic E-state index is 0.384. The summed E-state index contributed by atoms with van der Waals surface area (Å²) in [6.07, 6.45) is 5.76. The van der Waals surface area contributed by atoms with Gasteiger partial charge < -0.3 is 10.1 Å². The van der Waals surface area contributed by atoms with E-state index in [1.165, 1.54) is 12.8 Å². The Hall–Kier alpha value is -1.03. The Morgan fingerprint density at radius 2 is 2.53 bits per heavy atom. The van der Waals surface area contributed by atoms with E-state index in [1.54, 1.807) is 0 Å². The fourth-order valence-electron chi connectivity index (χ4n) is 1.97. The van der Waals surface area contributed by atoms with Gasteiger partial charge >= 0.3 is 0 Å². The molecule has 2 heterocycles. The minimum absolute atomic E-state index is 0.384. The summed E-state index contributed by atoms with van der Waals surface area (Å²) >= 11 is 0. The molecule has 1 aromatic rings. The van der Waals surface area contributed by atoms with Gasteiger partial charge in [0, 0.05) is 26.4 Å². The first kappa shape index (κ1) is 10.5. The highest BCUT2D eigenvalue weighted by Crippen LogP contribution is 2.16. The van der Waals surface area contributed by atoms with Crippen molar-refractivity contribution in [2.45, 2.75) is 32.3 Å². The van der Waals surface area contributed by atoms with Crippen molar-refractivity contribution in [3.05, 3.63) is 11.9 Å². The molecule has 0 aliphatic carbocycles. The number of nitrogens with one attached hydrogen (secondary N) is 1. The van der Waals surface area contributed by atoms with Gasteiger partial charge in [0.2, 0.25) is 0 Å². The standard InChI is InChI=1S/C11H19N3O/c1-3-10-11(8-14(2)13-10)12-7-9-5-4-6-15-9/h8-9,12H,3-7H2,1-2H3. The molecule has 1 fully saturated rings. The van der Waals surface area contributed by atoms with Crippen LogP contribution in [0.3, 0.4) is 0 Å². The maximum Gasteiger partial charge on any atom is 0.0853 e. The molecule has 1 saturated heterocycles. The van der Waals surface area contributed by atoms with E-state index in [4.69, 9.17) is 4.74 Å². The molecule has 15 heavy (non-hydrogen) atoms. The Labute approximate surface area is 90.6 Å². The van der Waals surface area contributed by atoms with Crippen molar-refractivity contribution in [1.29, 1.82) is 0 Å². The highest BCUT2D eigenvalue weighted by Gasteiger charge is 2.15. The SMILES string of the molecule is CCc1nn(C)cc1NCC1CCCO1. The van der Waals surface area contributed by atoms with Gasteiger partial charge in [-0.15, -0.1) is 0 Å². The minimum Gasteiger partial charge on any atom is -0.380 e. The van der Waals surface area contributed by atoms with Gasteiger partial charge in [0.05, 0.1) is 17.5 Å². The molecular formula is C11H19N3O. The van der Waals surface area contributed by atoms with Crippen molar-refractivity contribution < 1.29 is 4.74 Å². The molecule has 4 nitrogen and oxygen atoms in total. The first-order valence-electron chi connectivity index (χ1n) is 5.67. The first-order chi connectivity index (χ1) is 7.29. The molecule has 2 rings (SSSR count). The van der Waals surface area contributed by atoms with Gasteiger partial charge in [-0.25, -0.2) is 0 Å². The fraction of sp³-hybridized carbons (Fsp3) is 0.727. The van der Waals surface area contributed by atoms with Gasteiger partial charge in [0.25, 0.3) is 0 Å². The van der Waals surface area contributed by atoms with Crippen molar-refractivity contribution in [3.63, 3.8) is 0 Å². The molecule has 0 radical (unpaired) electrons. The Morgan fingerprint density at radius 3 is 3.20 bits per heavy atom. The zero-order valence-corrected chi connectivity index (χ0v) is 9.49. The summed E-state index contributed by atoms with van der Waals surface area (Å²) in [7, 11) is 1.95. The lowest BCUT2D eigenvalue weighted by Gasteiger charge is -2.11. The van der Waals surface area contributed by atoms with Crippen LogP contribution in [0.5, 0.6) is 0 Å². The van der Waals surface area contributed by atoms with Crippen LogP contribution in [0, 0.1) is 0 Å². The smallest absolute Gasteiger partial charge is 0.0853 e. The number of aromatic nitrogens is 2. The maximum absolute atomic E-state index is 5.57. The molecule has 1 unspecified atom stereocenters. The Bertz CT molecular complexity index is 316. The predicted octanol–water partition coefficient (Wildman–Crippen LogP) is 1.57. The van der Waals surface area contributed by atoms with Crippen LogP contribution < -0.4 is 5.32 Å². The normalized spacial score (nSPS) is 20.8. The van der Waals surface area contributed by atoms with Crippen LogP contribution in [-0.4, -0.2) is 29.0 Å². The monoisotopic (exact) mass is 209 g/mol. The second-order valence-corrected chi connectivity index (χ2v) is 4.03. The third kappa shape index (κ3) is 2.50. The van der Waals surface area contributed by atoms with Crippen molar-refractivity contribution in [1.82, 2.24) is 9.78 Å². The summed E-state index contributed by atoms with van der Waals surface area (Å²) in [5, 5.41) is 7.81. The van der Waals surface area contributed by atoms with Crippen LogP contribution in [0.15, 0.2) is 6.20 Å². The molecule has 1 N–H and O–H groups in total. The van der Waals surface area contributed by atoms with Crippen LogP contribution >= 0.6 is 0 Å². The number of hydrogen-bond donors (Lipinski definition) is 1. The van der Waals surface area contributed by atoms with Gasteiger partial charge in [-0.3, -0.25) is 4.68 Å². The van der Waals surface area contributed by atoms with E-state index >= 15 is 0 Å². The average Bonchev–Trinajstić information content (AvgIpc) is 2.83. The van der Waals surface area contributed by atoms with Crippen LogP contribution in [0.2, 0.25) is 0 Å². The lowest BCUT2D eigenvalue weighted by molar-refractivity contribution is 0.120. The van der Waals surface area contributed by atoms with E-state index in [0.717, 1.165) is 31.0 Å². The fourth-order valence-corrected chi connectivity index (χ4v) is 1.97. The van der Waals surface area contributed by atoms with Gasteiger partial charge in [-0.1, -0.05) is 6.92 Å². The lowest BCUT2D eigenvalue weighted by Crippen LogP contribution is -2.18. The van der Waals surface area contributed by atoms with E-state index in [-0.39, 0.29) is 0 Å². The number of ether oxygens (including phenoxy) is 1. The largest absolute Gasteiger partial charge is 0.380 e. The third-order valence-electron chi connectivity index (χ3n) is 2.78. The van der Waals surface area contributed by atoms with Gasteiger partial charge in [-0.05, 0) is 19.3 Å². The highest BCUT2D eigenvalue weighted by molar-refractivity contribution is 5.46. The molecule has 1 atom stereocenters. The van der Waals surface area contributed by atoms with Crippen LogP contribution in [-0.2, 0) is 18.2 Å². The second-order valence-electron chi connectivity index (χ2n) is 4.03. The highest BCUT2D eigenvalue weighted by atomic mass is 16.5. The molecule has 1 aromatic heterocycles. The molecule has 0 aromatic carbocycles. The van der Waals surface area contributed by atoms with Gasteiger partial charge in [-0.2, -0.15) is 5.10 Å². The number of anilines is 1. The molecule has 4 heteroatoms. The molecule has 0 amide bonds. The summed E-state index contributed by atoms with van der Waals surface area (Å²) in [6, 6.07) is 0. The molecule has 1 aliphatic heterocycles. The first-order valence-corrected chi connectivity index (χ1v) is 5.67. The van der Waals surface area contributed by atoms with Crippen molar-refractivity contribution in [2.24, 2.45) is 7.05 Å². The quantitative estimate of drug-likeness (QED) is 0.818. The molecule has 84 valence electrons. The van der Waals surface area contributed by atoms with Crippen LogP contribution in [0.1, 0.15) is 25.5 Å². The Morgan fingerprint density at radius 1 is 1.67 bits per heavy atom. The number of aryl methyl sites for hydroxylation is 2. The maximum atomic E-state index is 5.57. The van der Waals surface area contributed by atoms with E-state index in [0.29, 0.717) is 6.10 Å². The molecule has 0 bridgehead atoms. The van der Waals surface area contributed by atoms with E-state index in [2.05, 4.69) is 17.3 Å². The summed E-state index contributed by atoms with van der Waals surface area (Å²) in [5.41, 5.74) is 2.28. The van der Waals surface area contributed by atoms with Crippen LogP contribution in [0.25, 0.3) is 0 Å². The lowest BCUT2D eigenvalue weighted by atomic mass is 10.2. The van der Waals surface area contributed by atoms with E-state index < -0.39 is 0 Å². The van der Waals surface area contributed by atoms with Gasteiger partial charge in [0.15, 0.2) is 0 Å². The van der Waals surface area contributed by atoms with Crippen LogP contribution in [0.4, 0.5) is 5.69 Å². The second kappa shape index (κ2) is 4.66. The topological polar surface area (TPSA) is 39.1 Å². The zero-order valence-electron chi connectivity index (χ0n) is 9.49. The molecule has 1 aliphatic rings. The summed E-state index contributed by atoms with van der Waals surface area (Å²) in [5.74, 6) is 0. The van der Waals surface area contributed by atoms with Crippen molar-refractivity contribution in [2.75, 3.05) is 18.5 Å². The summed E-state index contributed by atoms with van der Waals surface area (Å²) in [6.45, 7) is 3.94.